The van der Waals surface area contributed by atoms with Crippen LogP contribution >= 0.6 is 7.80 Å². The lowest BCUT2D eigenvalue weighted by Crippen LogP contribution is -1.97. The Hall–Kier alpha value is -0.0300. The van der Waals surface area contributed by atoms with Crippen LogP contribution in [0.5, 0.6) is 0 Å². The van der Waals surface area contributed by atoms with Crippen LogP contribution in [0.3, 0.4) is 0 Å². The van der Waals surface area contributed by atoms with Crippen molar-refractivity contribution >= 4 is 7.80 Å². The summed E-state index contributed by atoms with van der Waals surface area (Å²) in [4.78, 5) is 0. The Morgan fingerprint density at radius 1 is 1.62 bits per heavy atom. The molecule has 1 aliphatic carbocycles. The van der Waals surface area contributed by atoms with Gasteiger partial charge >= 0.3 is 0 Å². The second-order valence-electron chi connectivity index (χ2n) is 4.21. The summed E-state index contributed by atoms with van der Waals surface area (Å²) in [6, 6.07) is 0. The summed E-state index contributed by atoms with van der Waals surface area (Å²) in [5.74, 6) is 0.704. The van der Waals surface area contributed by atoms with Crippen LogP contribution in [0.4, 0.5) is 0 Å². The Balaban J connectivity index is 2.17. The molecule has 1 fully saturated rings. The van der Waals surface area contributed by atoms with Gasteiger partial charge in [-0.25, -0.2) is 0 Å². The maximum atomic E-state index is 11.6. The van der Waals surface area contributed by atoms with Gasteiger partial charge in [0.2, 0.25) is 0 Å². The van der Waals surface area contributed by atoms with Crippen molar-refractivity contribution in [2.45, 2.75) is 39.0 Å². The van der Waals surface area contributed by atoms with Gasteiger partial charge in [-0.1, -0.05) is 25.5 Å². The fourth-order valence-corrected chi connectivity index (χ4v) is 3.94. The van der Waals surface area contributed by atoms with Gasteiger partial charge in [-0.05, 0) is 37.8 Å². The lowest BCUT2D eigenvalue weighted by atomic mass is 10.1. The van der Waals surface area contributed by atoms with Gasteiger partial charge in [0.25, 0.3) is 0 Å². The second-order valence-corrected chi connectivity index (χ2v) is 6.19. The Kier molecular flexibility index (Phi) is 4.80. The standard InChI is InChI=1S/C11H21OP/c1-3-4-7-13(12)9-11-6-5-10(2)8-11/h11,13H,2-9H2,1H3. The first-order valence-corrected chi connectivity index (χ1v) is 7.23. The maximum absolute atomic E-state index is 11.6. The van der Waals surface area contributed by atoms with Crippen molar-refractivity contribution in [3.8, 4) is 0 Å². The van der Waals surface area contributed by atoms with Crippen molar-refractivity contribution in [2.75, 3.05) is 12.3 Å². The molecule has 0 bridgehead atoms. The first kappa shape index (κ1) is 11.0. The summed E-state index contributed by atoms with van der Waals surface area (Å²) in [5, 5.41) is 0. The topological polar surface area (TPSA) is 17.1 Å². The van der Waals surface area contributed by atoms with Crippen LogP contribution in [-0.2, 0) is 4.57 Å². The molecule has 2 heteroatoms. The fraction of sp³-hybridized carbons (Fsp3) is 0.818. The highest BCUT2D eigenvalue weighted by Crippen LogP contribution is 2.36. The Morgan fingerprint density at radius 3 is 2.92 bits per heavy atom. The fourth-order valence-electron chi connectivity index (χ4n) is 1.99. The molecule has 0 radical (unpaired) electrons. The normalized spacial score (nSPS) is 25.0. The van der Waals surface area contributed by atoms with Gasteiger partial charge in [-0.3, -0.25) is 0 Å². The van der Waals surface area contributed by atoms with Gasteiger partial charge in [-0.2, -0.15) is 0 Å². The van der Waals surface area contributed by atoms with Crippen LogP contribution in [0.1, 0.15) is 39.0 Å². The van der Waals surface area contributed by atoms with Crippen molar-refractivity contribution < 1.29 is 4.57 Å². The van der Waals surface area contributed by atoms with Gasteiger partial charge in [0.05, 0.1) is 7.80 Å². The van der Waals surface area contributed by atoms with Crippen LogP contribution in [0.25, 0.3) is 0 Å². The van der Waals surface area contributed by atoms with Gasteiger partial charge in [0.1, 0.15) is 0 Å². The molecular formula is C11H21OP. The maximum Gasteiger partial charge on any atom is 0.0765 e. The van der Waals surface area contributed by atoms with E-state index in [1.165, 1.54) is 24.8 Å². The first-order chi connectivity index (χ1) is 6.22. The summed E-state index contributed by atoms with van der Waals surface area (Å²) in [6.07, 6.45) is 7.84. The molecule has 2 atom stereocenters. The predicted molar refractivity (Wildman–Crippen MR) is 60.1 cm³/mol. The highest BCUT2D eigenvalue weighted by Gasteiger charge is 2.19. The molecule has 0 aromatic carbocycles. The van der Waals surface area contributed by atoms with Crippen LogP contribution in [-0.4, -0.2) is 12.3 Å². The monoisotopic (exact) mass is 200 g/mol. The average molecular weight is 200 g/mol. The third kappa shape index (κ3) is 4.13. The van der Waals surface area contributed by atoms with E-state index in [-0.39, 0.29) is 0 Å². The third-order valence-electron chi connectivity index (χ3n) is 2.81. The molecule has 0 amide bonds. The van der Waals surface area contributed by atoms with Gasteiger partial charge < -0.3 is 4.57 Å². The molecule has 0 aromatic rings. The van der Waals surface area contributed by atoms with Crippen LogP contribution in [0.2, 0.25) is 0 Å². The minimum absolute atomic E-state index is 0.704. The van der Waals surface area contributed by atoms with E-state index in [1.54, 1.807) is 0 Å². The molecule has 0 saturated heterocycles. The minimum Gasteiger partial charge on any atom is -0.327 e. The molecule has 1 saturated carbocycles. The zero-order valence-electron chi connectivity index (χ0n) is 8.64. The van der Waals surface area contributed by atoms with E-state index in [1.807, 2.05) is 0 Å². The molecule has 76 valence electrons. The van der Waals surface area contributed by atoms with Gasteiger partial charge in [-0.15, -0.1) is 0 Å². The summed E-state index contributed by atoms with van der Waals surface area (Å²) in [5.41, 5.74) is 1.37. The number of hydrogen-bond donors (Lipinski definition) is 0. The second kappa shape index (κ2) is 5.65. The summed E-state index contributed by atoms with van der Waals surface area (Å²) >= 11 is 0. The zero-order valence-corrected chi connectivity index (χ0v) is 9.64. The first-order valence-electron chi connectivity index (χ1n) is 5.40. The Bertz CT molecular complexity index is 198. The molecule has 0 spiro atoms. The van der Waals surface area contributed by atoms with E-state index in [2.05, 4.69) is 13.5 Å². The number of allylic oxidation sites excluding steroid dienone is 1. The SMILES string of the molecule is C=C1CCC(C[PH](=O)CCCC)C1. The molecule has 0 aromatic heterocycles. The summed E-state index contributed by atoms with van der Waals surface area (Å²) < 4.78 is 11.6. The van der Waals surface area contributed by atoms with Crippen molar-refractivity contribution in [2.24, 2.45) is 5.92 Å². The van der Waals surface area contributed by atoms with E-state index in [0.29, 0.717) is 5.92 Å². The van der Waals surface area contributed by atoms with Crippen LogP contribution in [0, 0.1) is 5.92 Å². The van der Waals surface area contributed by atoms with Crippen molar-refractivity contribution in [3.05, 3.63) is 12.2 Å². The minimum atomic E-state index is -1.25. The highest BCUT2D eigenvalue weighted by atomic mass is 31.1. The number of hydrogen-bond acceptors (Lipinski definition) is 1. The number of rotatable bonds is 5. The molecule has 0 heterocycles. The van der Waals surface area contributed by atoms with E-state index < -0.39 is 7.80 Å². The smallest absolute Gasteiger partial charge is 0.0765 e. The molecule has 0 N–H and O–H groups in total. The molecule has 1 aliphatic rings. The molecule has 0 aliphatic heterocycles. The molecule has 13 heavy (non-hydrogen) atoms. The zero-order chi connectivity index (χ0) is 9.68. The Morgan fingerprint density at radius 2 is 2.38 bits per heavy atom. The van der Waals surface area contributed by atoms with E-state index in [4.69, 9.17) is 0 Å². The molecule has 1 rings (SSSR count). The Labute approximate surface area is 82.4 Å². The molecule has 1 nitrogen and oxygen atoms in total. The highest BCUT2D eigenvalue weighted by molar-refractivity contribution is 7.44. The average Bonchev–Trinajstić information content (AvgIpc) is 2.48. The largest absolute Gasteiger partial charge is 0.327 e. The third-order valence-corrected chi connectivity index (χ3v) is 4.75. The lowest BCUT2D eigenvalue weighted by Gasteiger charge is -2.07. The predicted octanol–water partition coefficient (Wildman–Crippen LogP) is 3.70. The van der Waals surface area contributed by atoms with Crippen molar-refractivity contribution in [1.29, 1.82) is 0 Å². The van der Waals surface area contributed by atoms with E-state index in [9.17, 15) is 4.57 Å². The number of unbranched alkanes of at least 4 members (excludes halogenated alkanes) is 1. The van der Waals surface area contributed by atoms with Gasteiger partial charge in [0, 0.05) is 6.16 Å². The lowest BCUT2D eigenvalue weighted by molar-refractivity contribution is 0.563. The summed E-state index contributed by atoms with van der Waals surface area (Å²) in [6.45, 7) is 6.14. The van der Waals surface area contributed by atoms with Gasteiger partial charge in [0.15, 0.2) is 0 Å². The quantitative estimate of drug-likeness (QED) is 0.488. The van der Waals surface area contributed by atoms with Crippen LogP contribution in [0.15, 0.2) is 12.2 Å². The van der Waals surface area contributed by atoms with Crippen molar-refractivity contribution in [3.63, 3.8) is 0 Å². The van der Waals surface area contributed by atoms with E-state index in [0.717, 1.165) is 25.2 Å². The van der Waals surface area contributed by atoms with Crippen LogP contribution < -0.4 is 0 Å². The molecular weight excluding hydrogens is 179 g/mol. The molecule has 2 unspecified atom stereocenters. The van der Waals surface area contributed by atoms with Crippen molar-refractivity contribution in [1.82, 2.24) is 0 Å². The van der Waals surface area contributed by atoms with E-state index >= 15 is 0 Å². The summed E-state index contributed by atoms with van der Waals surface area (Å²) in [7, 11) is -1.25.